The first-order valence-corrected chi connectivity index (χ1v) is 10.1. The number of nitrogens with zero attached hydrogens (tertiary/aromatic N) is 3. The Hall–Kier alpha value is -1.48. The first kappa shape index (κ1) is 17.3. The van der Waals surface area contributed by atoms with E-state index in [4.69, 9.17) is 4.74 Å². The summed E-state index contributed by atoms with van der Waals surface area (Å²) in [5, 5.41) is 0. The van der Waals surface area contributed by atoms with Crippen LogP contribution in [0.5, 0.6) is 0 Å². The van der Waals surface area contributed by atoms with Crippen LogP contribution in [0.4, 0.5) is 0 Å². The summed E-state index contributed by atoms with van der Waals surface area (Å²) in [5.74, 6) is 0.917. The highest BCUT2D eigenvalue weighted by molar-refractivity contribution is 7.88. The van der Waals surface area contributed by atoms with E-state index in [0.29, 0.717) is 13.0 Å². The molecule has 0 unspecified atom stereocenters. The van der Waals surface area contributed by atoms with E-state index in [1.807, 2.05) is 18.2 Å². The molecule has 0 atom stereocenters. The molecule has 0 saturated carbocycles. The summed E-state index contributed by atoms with van der Waals surface area (Å²) in [7, 11) is -3.18. The molecule has 0 amide bonds. The molecule has 2 heterocycles. The average Bonchev–Trinajstić information content (AvgIpc) is 2.90. The van der Waals surface area contributed by atoms with Crippen LogP contribution in [0.15, 0.2) is 24.3 Å². The van der Waals surface area contributed by atoms with Crippen molar-refractivity contribution in [2.24, 2.45) is 0 Å². The van der Waals surface area contributed by atoms with Crippen molar-refractivity contribution < 1.29 is 13.2 Å². The molecule has 1 aromatic carbocycles. The van der Waals surface area contributed by atoms with Gasteiger partial charge in [0, 0.05) is 39.1 Å². The van der Waals surface area contributed by atoms with Gasteiger partial charge in [0.15, 0.2) is 0 Å². The number of aromatic nitrogens is 2. The van der Waals surface area contributed by atoms with Crippen molar-refractivity contribution in [2.45, 2.75) is 13.0 Å². The summed E-state index contributed by atoms with van der Waals surface area (Å²) in [6.07, 6.45) is 1.75. The highest BCUT2D eigenvalue weighted by Gasteiger charge is 2.14. The molecule has 132 valence electrons. The predicted molar refractivity (Wildman–Crippen MR) is 93.5 cm³/mol. The second-order valence-electron chi connectivity index (χ2n) is 6.04. The number of imidazole rings is 1. The van der Waals surface area contributed by atoms with Crippen LogP contribution >= 0.6 is 0 Å². The third kappa shape index (κ3) is 4.54. The van der Waals surface area contributed by atoms with Crippen LogP contribution in [0.25, 0.3) is 11.0 Å². The minimum atomic E-state index is -3.18. The topological polar surface area (TPSA) is 76.5 Å². The van der Waals surface area contributed by atoms with Gasteiger partial charge < -0.3 is 9.30 Å². The number of benzene rings is 1. The van der Waals surface area contributed by atoms with E-state index in [1.165, 1.54) is 6.26 Å². The van der Waals surface area contributed by atoms with Gasteiger partial charge in [0.05, 0.1) is 30.5 Å². The Balaban J connectivity index is 1.74. The van der Waals surface area contributed by atoms with E-state index in [1.54, 1.807) is 0 Å². The lowest BCUT2D eigenvalue weighted by Gasteiger charge is -2.27. The maximum atomic E-state index is 11.3. The van der Waals surface area contributed by atoms with E-state index < -0.39 is 10.0 Å². The van der Waals surface area contributed by atoms with Crippen LogP contribution < -0.4 is 4.72 Å². The van der Waals surface area contributed by atoms with Crippen LogP contribution in [0.1, 0.15) is 5.82 Å². The quantitative estimate of drug-likeness (QED) is 0.783. The molecule has 0 aliphatic carbocycles. The second-order valence-corrected chi connectivity index (χ2v) is 7.87. The van der Waals surface area contributed by atoms with Crippen LogP contribution in [0.3, 0.4) is 0 Å². The predicted octanol–water partition coefficient (Wildman–Crippen LogP) is 0.460. The molecule has 8 heteroatoms. The summed E-state index contributed by atoms with van der Waals surface area (Å²) in [6.45, 7) is 5.63. The Bertz CT molecular complexity index is 782. The zero-order valence-corrected chi connectivity index (χ0v) is 14.8. The number of morpholine rings is 1. The molecule has 7 nitrogen and oxygen atoms in total. The fraction of sp³-hybridized carbons (Fsp3) is 0.562. The standard InChI is InChI=1S/C16H24N4O3S/c1-24(21,22)17-7-6-16-18-14-4-2-3-5-15(14)20(16)9-8-19-10-12-23-13-11-19/h2-5,17H,6-13H2,1H3. The van der Waals surface area contributed by atoms with Crippen LogP contribution in [0.2, 0.25) is 0 Å². The van der Waals surface area contributed by atoms with Gasteiger partial charge in [-0.1, -0.05) is 12.1 Å². The smallest absolute Gasteiger partial charge is 0.208 e. The number of hydrogen-bond donors (Lipinski definition) is 1. The highest BCUT2D eigenvalue weighted by atomic mass is 32.2. The molecule has 1 saturated heterocycles. The van der Waals surface area contributed by atoms with Crippen molar-refractivity contribution in [3.8, 4) is 0 Å². The fourth-order valence-corrected chi connectivity index (χ4v) is 3.45. The molecule has 0 spiro atoms. The Morgan fingerprint density at radius 2 is 1.96 bits per heavy atom. The average molecular weight is 352 g/mol. The van der Waals surface area contributed by atoms with Gasteiger partial charge in [-0.15, -0.1) is 0 Å². The number of hydrogen-bond acceptors (Lipinski definition) is 5. The van der Waals surface area contributed by atoms with Gasteiger partial charge in [-0.2, -0.15) is 0 Å². The Morgan fingerprint density at radius 1 is 1.21 bits per heavy atom. The number of para-hydroxylation sites is 2. The Kier molecular flexibility index (Phi) is 5.50. The first-order chi connectivity index (χ1) is 11.5. The van der Waals surface area contributed by atoms with Gasteiger partial charge in [-0.05, 0) is 12.1 Å². The zero-order valence-electron chi connectivity index (χ0n) is 13.9. The summed E-state index contributed by atoms with van der Waals surface area (Å²) in [6, 6.07) is 8.04. The molecule has 0 radical (unpaired) electrons. The Morgan fingerprint density at radius 3 is 2.71 bits per heavy atom. The van der Waals surface area contributed by atoms with Gasteiger partial charge in [0.2, 0.25) is 10.0 Å². The molecule has 3 rings (SSSR count). The molecule has 1 fully saturated rings. The third-order valence-electron chi connectivity index (χ3n) is 4.19. The first-order valence-electron chi connectivity index (χ1n) is 8.22. The number of sulfonamides is 1. The molecular weight excluding hydrogens is 328 g/mol. The third-order valence-corrected chi connectivity index (χ3v) is 4.92. The van der Waals surface area contributed by atoms with E-state index in [-0.39, 0.29) is 0 Å². The maximum Gasteiger partial charge on any atom is 0.208 e. The molecule has 1 N–H and O–H groups in total. The summed E-state index contributed by atoms with van der Waals surface area (Å²) in [5.41, 5.74) is 2.05. The highest BCUT2D eigenvalue weighted by Crippen LogP contribution is 2.16. The van der Waals surface area contributed by atoms with Crippen molar-refractivity contribution >= 4 is 21.1 Å². The largest absolute Gasteiger partial charge is 0.379 e. The van der Waals surface area contributed by atoms with Crippen molar-refractivity contribution in [1.82, 2.24) is 19.2 Å². The van der Waals surface area contributed by atoms with E-state index in [9.17, 15) is 8.42 Å². The Labute approximate surface area is 142 Å². The van der Waals surface area contributed by atoms with Crippen molar-refractivity contribution in [1.29, 1.82) is 0 Å². The maximum absolute atomic E-state index is 11.3. The van der Waals surface area contributed by atoms with Gasteiger partial charge in [0.25, 0.3) is 0 Å². The molecule has 1 aliphatic rings. The van der Waals surface area contributed by atoms with Crippen LogP contribution in [0, 0.1) is 0 Å². The molecule has 24 heavy (non-hydrogen) atoms. The molecular formula is C16H24N4O3S. The van der Waals surface area contributed by atoms with Gasteiger partial charge >= 0.3 is 0 Å². The van der Waals surface area contributed by atoms with Crippen molar-refractivity contribution in [3.63, 3.8) is 0 Å². The van der Waals surface area contributed by atoms with Crippen molar-refractivity contribution in [2.75, 3.05) is 45.6 Å². The van der Waals surface area contributed by atoms with Gasteiger partial charge in [0.1, 0.15) is 5.82 Å². The summed E-state index contributed by atoms with van der Waals surface area (Å²) < 4.78 is 32.6. The SMILES string of the molecule is CS(=O)(=O)NCCc1nc2ccccc2n1CCN1CCOCC1. The molecule has 0 bridgehead atoms. The monoisotopic (exact) mass is 352 g/mol. The minimum absolute atomic E-state index is 0.361. The lowest BCUT2D eigenvalue weighted by atomic mass is 10.3. The normalized spacial score (nSPS) is 16.7. The molecule has 1 aromatic heterocycles. The number of fused-ring (bicyclic) bond motifs is 1. The minimum Gasteiger partial charge on any atom is -0.379 e. The number of nitrogens with one attached hydrogen (secondary N) is 1. The zero-order chi connectivity index (χ0) is 17.0. The molecule has 2 aromatic rings. The van der Waals surface area contributed by atoms with E-state index in [2.05, 4.69) is 25.2 Å². The summed E-state index contributed by atoms with van der Waals surface area (Å²) in [4.78, 5) is 7.07. The summed E-state index contributed by atoms with van der Waals surface area (Å²) >= 11 is 0. The van der Waals surface area contributed by atoms with Crippen LogP contribution in [-0.4, -0.2) is 68.5 Å². The fourth-order valence-electron chi connectivity index (χ4n) is 2.98. The van der Waals surface area contributed by atoms with Crippen molar-refractivity contribution in [3.05, 3.63) is 30.1 Å². The number of rotatable bonds is 7. The van der Waals surface area contributed by atoms with Gasteiger partial charge in [-0.25, -0.2) is 18.1 Å². The molecule has 1 aliphatic heterocycles. The number of ether oxygens (including phenoxy) is 1. The van der Waals surface area contributed by atoms with E-state index >= 15 is 0 Å². The van der Waals surface area contributed by atoms with Gasteiger partial charge in [-0.3, -0.25) is 4.90 Å². The van der Waals surface area contributed by atoms with Crippen LogP contribution in [-0.2, 0) is 27.7 Å². The lowest BCUT2D eigenvalue weighted by Crippen LogP contribution is -2.38. The second kappa shape index (κ2) is 7.60. The lowest BCUT2D eigenvalue weighted by molar-refractivity contribution is 0.0364. The van der Waals surface area contributed by atoms with E-state index in [0.717, 1.165) is 56.3 Å².